The van der Waals surface area contributed by atoms with Crippen LogP contribution in [0.4, 0.5) is 15.1 Å². The Bertz CT molecular complexity index is 901. The molecule has 0 saturated heterocycles. The first-order chi connectivity index (χ1) is 14.4. The van der Waals surface area contributed by atoms with Gasteiger partial charge in [-0.1, -0.05) is 17.7 Å². The lowest BCUT2D eigenvalue weighted by atomic mass is 10.1. The summed E-state index contributed by atoms with van der Waals surface area (Å²) >= 11 is 5.82. The van der Waals surface area contributed by atoms with Crippen molar-refractivity contribution in [3.63, 3.8) is 0 Å². The Morgan fingerprint density at radius 2 is 2.27 bits per heavy atom. The van der Waals surface area contributed by atoms with Crippen LogP contribution in [0.25, 0.3) is 0 Å². The van der Waals surface area contributed by atoms with Crippen molar-refractivity contribution in [3.05, 3.63) is 52.1 Å². The molecule has 1 aromatic carbocycles. The summed E-state index contributed by atoms with van der Waals surface area (Å²) in [4.78, 5) is 23.3. The highest BCUT2D eigenvalue weighted by molar-refractivity contribution is 6.30. The summed E-state index contributed by atoms with van der Waals surface area (Å²) in [5, 5.41) is 15.6. The van der Waals surface area contributed by atoms with Crippen LogP contribution in [0.3, 0.4) is 0 Å². The molecule has 2 aromatic rings. The smallest absolute Gasteiger partial charge is 0.318 e. The predicted molar refractivity (Wildman–Crippen MR) is 111 cm³/mol. The minimum atomic E-state index is -0.700. The molecule has 0 spiro atoms. The summed E-state index contributed by atoms with van der Waals surface area (Å²) < 4.78 is 18.5. The Labute approximate surface area is 179 Å². The molecule has 1 aromatic heterocycles. The number of rotatable bonds is 7. The van der Waals surface area contributed by atoms with E-state index in [1.54, 1.807) is 18.2 Å². The van der Waals surface area contributed by atoms with Gasteiger partial charge in [0.1, 0.15) is 5.82 Å². The molecule has 2 atom stereocenters. The van der Waals surface area contributed by atoms with E-state index >= 15 is 0 Å². The molecular formula is C20H25ClFN5O3. The van der Waals surface area contributed by atoms with E-state index in [1.165, 1.54) is 18.2 Å². The number of aliphatic hydroxyl groups excluding tert-OH is 1. The van der Waals surface area contributed by atoms with Crippen molar-refractivity contribution < 1.29 is 19.0 Å². The maximum absolute atomic E-state index is 13.4. The molecule has 0 bridgehead atoms. The van der Waals surface area contributed by atoms with Crippen LogP contribution in [0.2, 0.25) is 5.02 Å². The van der Waals surface area contributed by atoms with E-state index in [0.29, 0.717) is 37.6 Å². The van der Waals surface area contributed by atoms with Gasteiger partial charge in [0.05, 0.1) is 36.5 Å². The van der Waals surface area contributed by atoms with Gasteiger partial charge in [0.2, 0.25) is 5.95 Å². The largest absolute Gasteiger partial charge is 0.394 e. The fourth-order valence-corrected chi connectivity index (χ4v) is 3.45. The first-order valence-electron chi connectivity index (χ1n) is 9.62. The van der Waals surface area contributed by atoms with Gasteiger partial charge >= 0.3 is 6.03 Å². The molecule has 8 nitrogen and oxygen atoms in total. The van der Waals surface area contributed by atoms with Crippen LogP contribution in [-0.2, 0) is 17.7 Å². The maximum Gasteiger partial charge on any atom is 0.318 e. The number of halogens is 2. The maximum atomic E-state index is 13.4. The Morgan fingerprint density at radius 1 is 1.47 bits per heavy atom. The quantitative estimate of drug-likeness (QED) is 0.615. The minimum absolute atomic E-state index is 0.0453. The second kappa shape index (κ2) is 10.0. The van der Waals surface area contributed by atoms with Crippen molar-refractivity contribution >= 4 is 23.6 Å². The lowest BCUT2D eigenvalue weighted by Gasteiger charge is -2.30. The molecule has 10 heteroatoms. The van der Waals surface area contributed by atoms with E-state index in [-0.39, 0.29) is 23.7 Å². The zero-order chi connectivity index (χ0) is 21.7. The summed E-state index contributed by atoms with van der Waals surface area (Å²) in [5.41, 5.74) is 2.28. The third-order valence-corrected chi connectivity index (χ3v) is 5.14. The number of hydrogen-bond acceptors (Lipinski definition) is 6. The molecule has 3 N–H and O–H groups in total. The third-order valence-electron chi connectivity index (χ3n) is 4.85. The summed E-state index contributed by atoms with van der Waals surface area (Å²) in [6.45, 7) is 2.95. The first-order valence-corrected chi connectivity index (χ1v) is 10.0. The molecule has 0 aliphatic carbocycles. The monoisotopic (exact) mass is 437 g/mol. The molecule has 0 saturated carbocycles. The van der Waals surface area contributed by atoms with Crippen LogP contribution >= 0.6 is 11.6 Å². The Morgan fingerprint density at radius 3 is 2.97 bits per heavy atom. The average molecular weight is 438 g/mol. The molecule has 0 radical (unpaired) electrons. The number of nitrogens with zero attached hydrogens (tertiary/aromatic N) is 3. The van der Waals surface area contributed by atoms with Gasteiger partial charge in [-0.15, -0.1) is 0 Å². The number of nitrogens with one attached hydrogen (secondary N) is 2. The highest BCUT2D eigenvalue weighted by atomic mass is 35.5. The number of aliphatic hydroxyl groups is 1. The van der Waals surface area contributed by atoms with E-state index in [4.69, 9.17) is 16.3 Å². The Kier molecular flexibility index (Phi) is 7.41. The molecule has 0 unspecified atom stereocenters. The molecule has 2 amide bonds. The number of carbonyl (C=O) groups excluding carboxylic acids is 1. The number of hydrogen-bond donors (Lipinski definition) is 3. The second-order valence-corrected chi connectivity index (χ2v) is 7.60. The lowest BCUT2D eigenvalue weighted by Crippen LogP contribution is -2.45. The second-order valence-electron chi connectivity index (χ2n) is 7.20. The summed E-state index contributed by atoms with van der Waals surface area (Å²) in [6.07, 6.45) is 2.40. The topological polar surface area (TPSA) is 99.6 Å². The van der Waals surface area contributed by atoms with Crippen LogP contribution in [0.1, 0.15) is 29.8 Å². The van der Waals surface area contributed by atoms with Gasteiger partial charge in [0.15, 0.2) is 0 Å². The van der Waals surface area contributed by atoms with E-state index in [0.717, 1.165) is 11.3 Å². The first kappa shape index (κ1) is 22.2. The van der Waals surface area contributed by atoms with Crippen LogP contribution in [-0.4, -0.2) is 58.9 Å². The zero-order valence-corrected chi connectivity index (χ0v) is 17.6. The lowest BCUT2D eigenvalue weighted by molar-refractivity contribution is 0.176. The van der Waals surface area contributed by atoms with Crippen molar-refractivity contribution in [1.82, 2.24) is 20.2 Å². The van der Waals surface area contributed by atoms with Crippen molar-refractivity contribution in [2.24, 2.45) is 0 Å². The Balaban J connectivity index is 1.67. The summed E-state index contributed by atoms with van der Waals surface area (Å²) in [6, 6.07) is 3.09. The van der Waals surface area contributed by atoms with E-state index in [2.05, 4.69) is 20.6 Å². The zero-order valence-electron chi connectivity index (χ0n) is 16.9. The van der Waals surface area contributed by atoms with Crippen LogP contribution in [0.5, 0.6) is 0 Å². The number of fused-ring (bicyclic) bond motifs is 1. The number of carbonyl (C=O) groups is 1. The van der Waals surface area contributed by atoms with E-state index < -0.39 is 11.9 Å². The van der Waals surface area contributed by atoms with Gasteiger partial charge in [-0.25, -0.2) is 19.2 Å². The molecule has 162 valence electrons. The Hall–Kier alpha value is -2.49. The molecule has 3 rings (SSSR count). The molecule has 30 heavy (non-hydrogen) atoms. The number of anilines is 1. The average Bonchev–Trinajstić information content (AvgIpc) is 2.73. The van der Waals surface area contributed by atoms with Crippen molar-refractivity contribution in [2.45, 2.75) is 32.0 Å². The number of aromatic nitrogens is 2. The van der Waals surface area contributed by atoms with Gasteiger partial charge in [0.25, 0.3) is 0 Å². The third kappa shape index (κ3) is 5.35. The van der Waals surface area contributed by atoms with Gasteiger partial charge in [-0.05, 0) is 36.6 Å². The fraction of sp³-hybridized carbons (Fsp3) is 0.450. The summed E-state index contributed by atoms with van der Waals surface area (Å²) in [7, 11) is 1.63. The standard InChI is InChI=1S/C20H25ClFN5O3/c1-12(11-30-2)24-19-23-8-14-5-6-27(9-17(14)25-19)20(29)26-18(10-28)13-3-4-16(22)15(21)7-13/h3-4,7-8,12,18,28H,5-6,9-11H2,1-2H3,(H,26,29)(H,23,24,25)/t12-,18+/m0/s1. The number of benzene rings is 1. The van der Waals surface area contributed by atoms with Crippen LogP contribution in [0.15, 0.2) is 24.4 Å². The molecule has 1 aliphatic rings. The van der Waals surface area contributed by atoms with Crippen LogP contribution < -0.4 is 10.6 Å². The number of ether oxygens (including phenoxy) is 1. The predicted octanol–water partition coefficient (Wildman–Crippen LogP) is 2.52. The summed E-state index contributed by atoms with van der Waals surface area (Å²) in [5.74, 6) is -0.0743. The van der Waals surface area contributed by atoms with Crippen molar-refractivity contribution in [2.75, 3.05) is 32.2 Å². The minimum Gasteiger partial charge on any atom is -0.394 e. The van der Waals surface area contributed by atoms with Gasteiger partial charge in [-0.3, -0.25) is 0 Å². The normalized spacial score (nSPS) is 15.3. The van der Waals surface area contributed by atoms with Gasteiger partial charge in [-0.2, -0.15) is 0 Å². The number of urea groups is 1. The van der Waals surface area contributed by atoms with Crippen LogP contribution in [0, 0.1) is 5.82 Å². The van der Waals surface area contributed by atoms with E-state index in [9.17, 15) is 14.3 Å². The fourth-order valence-electron chi connectivity index (χ4n) is 3.26. The SMILES string of the molecule is COC[C@H](C)Nc1ncc2c(n1)CN(C(=O)N[C@H](CO)c1ccc(F)c(Cl)c1)CC2. The molecule has 1 aliphatic heterocycles. The van der Waals surface area contributed by atoms with Crippen molar-refractivity contribution in [1.29, 1.82) is 0 Å². The van der Waals surface area contributed by atoms with Gasteiger partial charge in [0, 0.05) is 25.9 Å². The van der Waals surface area contributed by atoms with Crippen molar-refractivity contribution in [3.8, 4) is 0 Å². The number of amides is 2. The van der Waals surface area contributed by atoms with E-state index in [1.807, 2.05) is 6.92 Å². The van der Waals surface area contributed by atoms with Gasteiger partial charge < -0.3 is 25.4 Å². The number of methoxy groups -OCH3 is 1. The highest BCUT2D eigenvalue weighted by Crippen LogP contribution is 2.22. The highest BCUT2D eigenvalue weighted by Gasteiger charge is 2.25. The molecule has 0 fully saturated rings. The molecule has 2 heterocycles. The molecular weight excluding hydrogens is 413 g/mol.